The summed E-state index contributed by atoms with van der Waals surface area (Å²) in [7, 11) is 1.81. The third-order valence-corrected chi connectivity index (χ3v) is 3.67. The molecule has 1 aliphatic rings. The van der Waals surface area contributed by atoms with E-state index in [9.17, 15) is 0 Å². The van der Waals surface area contributed by atoms with Gasteiger partial charge < -0.3 is 15.4 Å². The minimum Gasteiger partial charge on any atom is -0.491 e. The van der Waals surface area contributed by atoms with E-state index in [1.54, 1.807) is 0 Å². The van der Waals surface area contributed by atoms with Crippen LogP contribution in [0.25, 0.3) is 0 Å². The first-order valence-electron chi connectivity index (χ1n) is 7.45. The monoisotopic (exact) mass is 275 g/mol. The van der Waals surface area contributed by atoms with Gasteiger partial charge in [0.1, 0.15) is 12.4 Å². The first kappa shape index (κ1) is 14.7. The van der Waals surface area contributed by atoms with Gasteiger partial charge in [-0.15, -0.1) is 0 Å². The maximum atomic E-state index is 5.76. The van der Waals surface area contributed by atoms with Crippen molar-refractivity contribution in [2.75, 3.05) is 20.2 Å². The van der Waals surface area contributed by atoms with Gasteiger partial charge in [0.25, 0.3) is 0 Å². The Hall–Kier alpha value is -1.71. The highest BCUT2D eigenvalue weighted by molar-refractivity contribution is 5.79. The van der Waals surface area contributed by atoms with Crippen LogP contribution in [0.5, 0.6) is 5.75 Å². The van der Waals surface area contributed by atoms with E-state index in [4.69, 9.17) is 4.74 Å². The molecule has 0 saturated heterocycles. The summed E-state index contributed by atoms with van der Waals surface area (Å²) in [5.74, 6) is 1.83. The fourth-order valence-electron chi connectivity index (χ4n) is 2.51. The van der Waals surface area contributed by atoms with Crippen LogP contribution in [0, 0.1) is 6.92 Å². The Morgan fingerprint density at radius 1 is 1.30 bits per heavy atom. The van der Waals surface area contributed by atoms with Crippen molar-refractivity contribution in [3.63, 3.8) is 0 Å². The number of nitrogens with zero attached hydrogens (tertiary/aromatic N) is 1. The number of nitrogens with one attached hydrogen (secondary N) is 2. The van der Waals surface area contributed by atoms with E-state index in [0.717, 1.165) is 18.3 Å². The van der Waals surface area contributed by atoms with Gasteiger partial charge in [0.2, 0.25) is 0 Å². The second-order valence-corrected chi connectivity index (χ2v) is 5.24. The molecule has 0 atom stereocenters. The number of guanidine groups is 1. The maximum Gasteiger partial charge on any atom is 0.191 e. The van der Waals surface area contributed by atoms with Crippen LogP contribution in [0.2, 0.25) is 0 Å². The van der Waals surface area contributed by atoms with E-state index in [1.165, 1.54) is 31.2 Å². The fraction of sp³-hybridized carbons (Fsp3) is 0.562. The number of ether oxygens (including phenoxy) is 1. The normalized spacial score (nSPS) is 16.2. The predicted octanol–water partition coefficient (Wildman–Crippen LogP) is 2.48. The second-order valence-electron chi connectivity index (χ2n) is 5.24. The van der Waals surface area contributed by atoms with Crippen molar-refractivity contribution >= 4 is 5.96 Å². The van der Waals surface area contributed by atoms with Crippen molar-refractivity contribution in [3.05, 3.63) is 29.8 Å². The van der Waals surface area contributed by atoms with Gasteiger partial charge in [0, 0.05) is 13.1 Å². The molecular formula is C16H25N3O. The molecule has 0 heterocycles. The zero-order valence-electron chi connectivity index (χ0n) is 12.5. The van der Waals surface area contributed by atoms with E-state index in [-0.39, 0.29) is 0 Å². The third-order valence-electron chi connectivity index (χ3n) is 3.67. The lowest BCUT2D eigenvalue weighted by Crippen LogP contribution is -2.43. The summed E-state index contributed by atoms with van der Waals surface area (Å²) in [6.45, 7) is 3.44. The lowest BCUT2D eigenvalue weighted by Gasteiger charge is -2.17. The molecule has 4 nitrogen and oxygen atoms in total. The first-order chi connectivity index (χ1) is 9.79. The maximum absolute atomic E-state index is 5.76. The molecule has 0 aliphatic heterocycles. The fourth-order valence-corrected chi connectivity index (χ4v) is 2.51. The number of aryl methyl sites for hydroxylation is 1. The molecular weight excluding hydrogens is 250 g/mol. The summed E-state index contributed by atoms with van der Waals surface area (Å²) in [5.41, 5.74) is 1.17. The molecule has 1 saturated carbocycles. The molecule has 1 aliphatic carbocycles. The molecule has 2 N–H and O–H groups in total. The third kappa shape index (κ3) is 4.44. The van der Waals surface area contributed by atoms with Crippen LogP contribution in [-0.4, -0.2) is 32.2 Å². The number of benzene rings is 1. The predicted molar refractivity (Wildman–Crippen MR) is 83.4 cm³/mol. The Kier molecular flexibility index (Phi) is 5.71. The highest BCUT2D eigenvalue weighted by atomic mass is 16.5. The van der Waals surface area contributed by atoms with Crippen LogP contribution < -0.4 is 15.4 Å². The van der Waals surface area contributed by atoms with Gasteiger partial charge in [-0.25, -0.2) is 0 Å². The summed E-state index contributed by atoms with van der Waals surface area (Å²) in [5, 5.41) is 6.76. The van der Waals surface area contributed by atoms with Gasteiger partial charge in [-0.3, -0.25) is 4.99 Å². The van der Waals surface area contributed by atoms with Crippen LogP contribution in [0.4, 0.5) is 0 Å². The van der Waals surface area contributed by atoms with Gasteiger partial charge >= 0.3 is 0 Å². The van der Waals surface area contributed by atoms with Gasteiger partial charge in [0.05, 0.1) is 6.54 Å². The van der Waals surface area contributed by atoms with Crippen molar-refractivity contribution in [3.8, 4) is 5.75 Å². The minimum absolute atomic E-state index is 0.582. The molecule has 20 heavy (non-hydrogen) atoms. The smallest absolute Gasteiger partial charge is 0.191 e. The highest BCUT2D eigenvalue weighted by Gasteiger charge is 2.15. The lowest BCUT2D eigenvalue weighted by molar-refractivity contribution is 0.319. The zero-order chi connectivity index (χ0) is 14.2. The molecule has 2 rings (SSSR count). The average Bonchev–Trinajstić information content (AvgIpc) is 2.97. The Balaban J connectivity index is 1.67. The molecule has 0 spiro atoms. The average molecular weight is 275 g/mol. The van der Waals surface area contributed by atoms with Crippen LogP contribution in [0.3, 0.4) is 0 Å². The number of rotatable bonds is 5. The molecule has 1 fully saturated rings. The summed E-state index contributed by atoms with van der Waals surface area (Å²) >= 11 is 0. The number of aliphatic imine (C=N–C) groups is 1. The molecule has 1 aromatic rings. The van der Waals surface area contributed by atoms with Gasteiger partial charge in [-0.1, -0.05) is 31.0 Å². The van der Waals surface area contributed by atoms with Crippen molar-refractivity contribution in [1.29, 1.82) is 0 Å². The molecule has 0 bridgehead atoms. The van der Waals surface area contributed by atoms with E-state index in [0.29, 0.717) is 12.6 Å². The van der Waals surface area contributed by atoms with E-state index < -0.39 is 0 Å². The number of para-hydroxylation sites is 1. The van der Waals surface area contributed by atoms with Crippen molar-refractivity contribution in [2.45, 2.75) is 38.6 Å². The van der Waals surface area contributed by atoms with Crippen molar-refractivity contribution in [2.24, 2.45) is 4.99 Å². The summed E-state index contributed by atoms with van der Waals surface area (Å²) in [6.07, 6.45) is 5.15. The summed E-state index contributed by atoms with van der Waals surface area (Å²) in [6, 6.07) is 8.66. The van der Waals surface area contributed by atoms with Gasteiger partial charge in [0.15, 0.2) is 5.96 Å². The quantitative estimate of drug-likeness (QED) is 0.493. The molecule has 0 radical (unpaired) electrons. The van der Waals surface area contributed by atoms with E-state index in [2.05, 4.69) is 28.6 Å². The van der Waals surface area contributed by atoms with Crippen LogP contribution >= 0.6 is 0 Å². The second kappa shape index (κ2) is 7.78. The van der Waals surface area contributed by atoms with Crippen molar-refractivity contribution < 1.29 is 4.74 Å². The van der Waals surface area contributed by atoms with Gasteiger partial charge in [-0.2, -0.15) is 0 Å². The largest absolute Gasteiger partial charge is 0.491 e. The van der Waals surface area contributed by atoms with Crippen LogP contribution in [0.1, 0.15) is 31.2 Å². The van der Waals surface area contributed by atoms with Crippen LogP contribution in [0.15, 0.2) is 29.3 Å². The molecule has 0 amide bonds. The summed E-state index contributed by atoms with van der Waals surface area (Å²) in [4.78, 5) is 4.25. The first-order valence-corrected chi connectivity index (χ1v) is 7.45. The molecule has 1 aromatic carbocycles. The highest BCUT2D eigenvalue weighted by Crippen LogP contribution is 2.17. The summed E-state index contributed by atoms with van der Waals surface area (Å²) < 4.78 is 5.76. The Morgan fingerprint density at radius 3 is 2.75 bits per heavy atom. The lowest BCUT2D eigenvalue weighted by atomic mass is 10.2. The Morgan fingerprint density at radius 2 is 2.05 bits per heavy atom. The molecule has 0 aromatic heterocycles. The minimum atomic E-state index is 0.582. The van der Waals surface area contributed by atoms with Crippen LogP contribution in [-0.2, 0) is 0 Å². The number of hydrogen-bond acceptors (Lipinski definition) is 2. The Bertz CT molecular complexity index is 439. The zero-order valence-corrected chi connectivity index (χ0v) is 12.5. The molecule has 110 valence electrons. The SMILES string of the molecule is CN=C(NCCOc1ccccc1C)NC1CCCC1. The molecule has 0 unspecified atom stereocenters. The molecule has 4 heteroatoms. The number of hydrogen-bond donors (Lipinski definition) is 2. The Labute approximate surface area is 121 Å². The topological polar surface area (TPSA) is 45.7 Å². The standard InChI is InChI=1S/C16H25N3O/c1-13-7-3-6-10-15(13)20-12-11-18-16(17-2)19-14-8-4-5-9-14/h3,6-7,10,14H,4-5,8-9,11-12H2,1-2H3,(H2,17,18,19). The van der Waals surface area contributed by atoms with E-state index in [1.807, 2.05) is 25.2 Å². The van der Waals surface area contributed by atoms with E-state index >= 15 is 0 Å². The van der Waals surface area contributed by atoms with Crippen molar-refractivity contribution in [1.82, 2.24) is 10.6 Å². The van der Waals surface area contributed by atoms with Gasteiger partial charge in [-0.05, 0) is 31.4 Å².